The molecule has 2 heterocycles. The Hall–Kier alpha value is -2.83. The van der Waals surface area contributed by atoms with Crippen molar-refractivity contribution in [3.05, 3.63) is 66.4 Å². The normalized spacial score (nSPS) is 15.3. The Morgan fingerprint density at radius 1 is 1.06 bits per heavy atom. The van der Waals surface area contributed by atoms with Crippen LogP contribution < -0.4 is 10.1 Å². The number of methoxy groups -OCH3 is 1. The molecule has 3 aromatic rings. The molecule has 2 aromatic carbocycles. The predicted octanol–water partition coefficient (Wildman–Crippen LogP) is 3.45. The molecule has 31 heavy (non-hydrogen) atoms. The summed E-state index contributed by atoms with van der Waals surface area (Å²) in [6, 6.07) is 18.7. The number of carbonyl (C=O) groups is 1. The van der Waals surface area contributed by atoms with Gasteiger partial charge in [-0.2, -0.15) is 0 Å². The highest BCUT2D eigenvalue weighted by molar-refractivity contribution is 5.87. The summed E-state index contributed by atoms with van der Waals surface area (Å²) < 4.78 is 13.2. The van der Waals surface area contributed by atoms with Crippen molar-refractivity contribution in [2.24, 2.45) is 0 Å². The summed E-state index contributed by atoms with van der Waals surface area (Å²) in [5, 5.41) is 4.16. The van der Waals surface area contributed by atoms with Crippen LogP contribution in [0.2, 0.25) is 0 Å². The third-order valence-corrected chi connectivity index (χ3v) is 5.87. The standard InChI is InChI=1S/C25H31N3O3/c1-30-17-16-28-15-12-22-23(28)8-5-9-24(22)31-19-25(29)26-21-10-13-27(14-11-21)18-20-6-3-2-4-7-20/h2-9,12,15,21H,10-11,13-14,16-19H2,1H3,(H,26,29). The molecule has 164 valence electrons. The van der Waals surface area contributed by atoms with E-state index in [1.165, 1.54) is 5.56 Å². The number of aromatic nitrogens is 1. The highest BCUT2D eigenvalue weighted by Crippen LogP contribution is 2.26. The lowest BCUT2D eigenvalue weighted by atomic mass is 10.0. The first-order valence-corrected chi connectivity index (χ1v) is 11.0. The molecule has 1 saturated heterocycles. The fraction of sp³-hybridized carbons (Fsp3) is 0.400. The van der Waals surface area contributed by atoms with E-state index in [2.05, 4.69) is 45.1 Å². The molecule has 1 aliphatic rings. The Morgan fingerprint density at radius 2 is 1.87 bits per heavy atom. The first-order valence-electron chi connectivity index (χ1n) is 11.0. The Morgan fingerprint density at radius 3 is 2.65 bits per heavy atom. The number of ether oxygens (including phenoxy) is 2. The van der Waals surface area contributed by atoms with Gasteiger partial charge < -0.3 is 19.4 Å². The summed E-state index contributed by atoms with van der Waals surface area (Å²) in [6.07, 6.45) is 3.97. The summed E-state index contributed by atoms with van der Waals surface area (Å²) in [7, 11) is 1.70. The molecule has 0 unspecified atom stereocenters. The molecule has 0 bridgehead atoms. The highest BCUT2D eigenvalue weighted by Gasteiger charge is 2.21. The lowest BCUT2D eigenvalue weighted by Gasteiger charge is -2.32. The van der Waals surface area contributed by atoms with Crippen molar-refractivity contribution in [2.45, 2.75) is 32.0 Å². The minimum atomic E-state index is -0.0580. The molecule has 0 atom stereocenters. The Bertz CT molecular complexity index is 978. The summed E-state index contributed by atoms with van der Waals surface area (Å²) >= 11 is 0. The third kappa shape index (κ3) is 5.66. The molecule has 1 amide bonds. The number of hydrogen-bond acceptors (Lipinski definition) is 4. The van der Waals surface area contributed by atoms with E-state index in [9.17, 15) is 4.79 Å². The minimum Gasteiger partial charge on any atom is -0.483 e. The van der Waals surface area contributed by atoms with E-state index in [0.29, 0.717) is 6.61 Å². The van der Waals surface area contributed by atoms with Crippen molar-refractivity contribution in [3.63, 3.8) is 0 Å². The molecule has 0 spiro atoms. The van der Waals surface area contributed by atoms with E-state index in [4.69, 9.17) is 9.47 Å². The number of nitrogens with one attached hydrogen (secondary N) is 1. The van der Waals surface area contributed by atoms with Crippen molar-refractivity contribution in [2.75, 3.05) is 33.4 Å². The van der Waals surface area contributed by atoms with Gasteiger partial charge in [-0.05, 0) is 36.6 Å². The van der Waals surface area contributed by atoms with Crippen LogP contribution in [0.25, 0.3) is 10.9 Å². The fourth-order valence-electron chi connectivity index (χ4n) is 4.20. The van der Waals surface area contributed by atoms with Crippen LogP contribution in [0.1, 0.15) is 18.4 Å². The van der Waals surface area contributed by atoms with Crippen molar-refractivity contribution >= 4 is 16.8 Å². The van der Waals surface area contributed by atoms with Gasteiger partial charge in [-0.1, -0.05) is 36.4 Å². The molecule has 1 aromatic heterocycles. The zero-order chi connectivity index (χ0) is 21.5. The summed E-state index contributed by atoms with van der Waals surface area (Å²) in [4.78, 5) is 14.9. The van der Waals surface area contributed by atoms with Crippen LogP contribution in [0.15, 0.2) is 60.8 Å². The van der Waals surface area contributed by atoms with Crippen LogP contribution in [0.4, 0.5) is 0 Å². The minimum absolute atomic E-state index is 0.0343. The second kappa shape index (κ2) is 10.5. The quantitative estimate of drug-likeness (QED) is 0.575. The number of carbonyl (C=O) groups excluding carboxylic acids is 1. The van der Waals surface area contributed by atoms with Gasteiger partial charge in [-0.3, -0.25) is 9.69 Å². The largest absolute Gasteiger partial charge is 0.483 e. The molecule has 6 nitrogen and oxygen atoms in total. The van der Waals surface area contributed by atoms with Gasteiger partial charge in [0.05, 0.1) is 12.1 Å². The van der Waals surface area contributed by atoms with Crippen LogP contribution in [0, 0.1) is 0 Å². The monoisotopic (exact) mass is 421 g/mol. The van der Waals surface area contributed by atoms with E-state index in [-0.39, 0.29) is 18.6 Å². The van der Waals surface area contributed by atoms with Crippen LogP contribution >= 0.6 is 0 Å². The molecular weight excluding hydrogens is 390 g/mol. The van der Waals surface area contributed by atoms with Gasteiger partial charge in [0.25, 0.3) is 5.91 Å². The van der Waals surface area contributed by atoms with Gasteiger partial charge in [-0.15, -0.1) is 0 Å². The van der Waals surface area contributed by atoms with Crippen LogP contribution in [0.3, 0.4) is 0 Å². The smallest absolute Gasteiger partial charge is 0.258 e. The number of hydrogen-bond donors (Lipinski definition) is 1. The summed E-state index contributed by atoms with van der Waals surface area (Å²) in [6.45, 7) is 4.43. The van der Waals surface area contributed by atoms with E-state index in [1.54, 1.807) is 7.11 Å². The highest BCUT2D eigenvalue weighted by atomic mass is 16.5. The Labute approximate surface area is 183 Å². The molecule has 4 rings (SSSR count). The van der Waals surface area contributed by atoms with Crippen molar-refractivity contribution in [1.29, 1.82) is 0 Å². The van der Waals surface area contributed by atoms with Gasteiger partial charge >= 0.3 is 0 Å². The maximum Gasteiger partial charge on any atom is 0.258 e. The zero-order valence-electron chi connectivity index (χ0n) is 18.1. The van der Waals surface area contributed by atoms with Gasteiger partial charge in [0.2, 0.25) is 0 Å². The van der Waals surface area contributed by atoms with Crippen LogP contribution in [0.5, 0.6) is 5.75 Å². The molecule has 1 N–H and O–H groups in total. The predicted molar refractivity (Wildman–Crippen MR) is 122 cm³/mol. The van der Waals surface area contributed by atoms with E-state index in [1.807, 2.05) is 30.5 Å². The van der Waals surface area contributed by atoms with E-state index in [0.717, 1.165) is 55.7 Å². The van der Waals surface area contributed by atoms with Crippen LogP contribution in [-0.4, -0.2) is 54.8 Å². The first kappa shape index (κ1) is 21.4. The van der Waals surface area contributed by atoms with Crippen molar-refractivity contribution < 1.29 is 14.3 Å². The van der Waals surface area contributed by atoms with E-state index < -0.39 is 0 Å². The number of benzene rings is 2. The SMILES string of the molecule is COCCn1ccc2c(OCC(=O)NC3CCN(Cc4ccccc4)CC3)cccc21. The summed E-state index contributed by atoms with van der Waals surface area (Å²) in [5.74, 6) is 0.679. The lowest BCUT2D eigenvalue weighted by Crippen LogP contribution is -2.45. The van der Waals surface area contributed by atoms with Gasteiger partial charge in [0.1, 0.15) is 5.75 Å². The molecule has 0 radical (unpaired) electrons. The number of likely N-dealkylation sites (tertiary alicyclic amines) is 1. The number of amides is 1. The molecule has 6 heteroatoms. The van der Waals surface area contributed by atoms with Crippen molar-refractivity contribution in [3.8, 4) is 5.75 Å². The third-order valence-electron chi connectivity index (χ3n) is 5.87. The second-order valence-electron chi connectivity index (χ2n) is 8.08. The van der Waals surface area contributed by atoms with Crippen LogP contribution in [-0.2, 0) is 22.6 Å². The van der Waals surface area contributed by atoms with Gasteiger partial charge in [0, 0.05) is 50.9 Å². The molecule has 1 fully saturated rings. The van der Waals surface area contributed by atoms with Crippen molar-refractivity contribution in [1.82, 2.24) is 14.8 Å². The maximum absolute atomic E-state index is 12.5. The first-order chi connectivity index (χ1) is 15.2. The molecule has 0 aliphatic carbocycles. The average molecular weight is 422 g/mol. The number of nitrogens with zero attached hydrogens (tertiary/aromatic N) is 2. The number of piperidine rings is 1. The average Bonchev–Trinajstić information content (AvgIpc) is 3.22. The zero-order valence-corrected chi connectivity index (χ0v) is 18.1. The Balaban J connectivity index is 1.24. The fourth-order valence-corrected chi connectivity index (χ4v) is 4.20. The topological polar surface area (TPSA) is 55.7 Å². The number of rotatable bonds is 9. The lowest BCUT2D eigenvalue weighted by molar-refractivity contribution is -0.124. The summed E-state index contributed by atoms with van der Waals surface area (Å²) in [5.41, 5.74) is 2.42. The van der Waals surface area contributed by atoms with Gasteiger partial charge in [0.15, 0.2) is 6.61 Å². The van der Waals surface area contributed by atoms with Gasteiger partial charge in [-0.25, -0.2) is 0 Å². The molecule has 1 aliphatic heterocycles. The number of fused-ring (bicyclic) bond motifs is 1. The molecular formula is C25H31N3O3. The Kier molecular flexibility index (Phi) is 7.22. The maximum atomic E-state index is 12.5. The molecule has 0 saturated carbocycles. The van der Waals surface area contributed by atoms with E-state index >= 15 is 0 Å². The second-order valence-corrected chi connectivity index (χ2v) is 8.08.